The summed E-state index contributed by atoms with van der Waals surface area (Å²) in [4.78, 5) is 20.9. The zero-order chi connectivity index (χ0) is 19.9. The third kappa shape index (κ3) is 3.21. The summed E-state index contributed by atoms with van der Waals surface area (Å²) < 4.78 is 28.1. The fourth-order valence-corrected chi connectivity index (χ4v) is 4.65. The number of sulfonamides is 1. The third-order valence-corrected chi connectivity index (χ3v) is 6.32. The molecular formula is C17H14N6O3S2. The minimum Gasteiger partial charge on any atom is -0.369 e. The normalized spacial score (nSPS) is 16.3. The predicted octanol–water partition coefficient (Wildman–Crippen LogP) is 1.70. The van der Waals surface area contributed by atoms with Gasteiger partial charge in [-0.1, -0.05) is 0 Å². The van der Waals surface area contributed by atoms with E-state index in [1.54, 1.807) is 11.7 Å². The van der Waals surface area contributed by atoms with Gasteiger partial charge in [0, 0.05) is 17.5 Å². The molecule has 28 heavy (non-hydrogen) atoms. The average Bonchev–Trinajstić information content (AvgIpc) is 3.22. The number of nitrogens with two attached hydrogens (primary N) is 2. The molecule has 0 aliphatic carbocycles. The Kier molecular flexibility index (Phi) is 4.32. The quantitative estimate of drug-likeness (QED) is 0.436. The van der Waals surface area contributed by atoms with Gasteiger partial charge < -0.3 is 16.8 Å². The number of aromatic nitrogens is 1. The van der Waals surface area contributed by atoms with E-state index in [0.717, 1.165) is 21.5 Å². The van der Waals surface area contributed by atoms with E-state index in [1.807, 2.05) is 12.1 Å². The monoisotopic (exact) mass is 414 g/mol. The molecule has 9 nitrogen and oxygen atoms in total. The third-order valence-electron chi connectivity index (χ3n) is 4.12. The van der Waals surface area contributed by atoms with Crippen molar-refractivity contribution in [2.24, 2.45) is 20.9 Å². The highest BCUT2D eigenvalue weighted by atomic mass is 32.2. The van der Waals surface area contributed by atoms with Crippen LogP contribution in [0, 0.1) is 0 Å². The number of carbonyl (C=O) groups excluding carboxylic acids is 1. The SMILES string of the molecule is NC(N)=NS(=O)(=O)c1ccc(N=CC2C(=O)Nc3ccc4ncsc4c32)cc1. The Hall–Kier alpha value is -3.31. The van der Waals surface area contributed by atoms with Crippen LogP contribution in [0.4, 0.5) is 11.4 Å². The molecule has 0 spiro atoms. The van der Waals surface area contributed by atoms with E-state index in [0.29, 0.717) is 5.69 Å². The number of rotatable bonds is 4. The number of hydrogen-bond acceptors (Lipinski definition) is 6. The van der Waals surface area contributed by atoms with Crippen LogP contribution in [-0.4, -0.2) is 31.5 Å². The van der Waals surface area contributed by atoms with Crippen molar-refractivity contribution in [2.75, 3.05) is 5.32 Å². The first-order valence-corrected chi connectivity index (χ1v) is 10.3. The first kappa shape index (κ1) is 18.1. The first-order valence-electron chi connectivity index (χ1n) is 8.02. The van der Waals surface area contributed by atoms with E-state index >= 15 is 0 Å². The first-order chi connectivity index (χ1) is 13.3. The summed E-state index contributed by atoms with van der Waals surface area (Å²) in [5, 5.41) is 2.84. The van der Waals surface area contributed by atoms with Crippen LogP contribution in [0.2, 0.25) is 0 Å². The van der Waals surface area contributed by atoms with Crippen LogP contribution in [0.3, 0.4) is 0 Å². The Bertz CT molecular complexity index is 1240. The number of guanidine groups is 1. The fourth-order valence-electron chi connectivity index (χ4n) is 2.91. The topological polar surface area (TPSA) is 153 Å². The molecule has 1 amide bonds. The molecule has 142 valence electrons. The van der Waals surface area contributed by atoms with Crippen molar-refractivity contribution >= 4 is 61.0 Å². The molecule has 2 heterocycles. The van der Waals surface area contributed by atoms with Crippen LogP contribution < -0.4 is 16.8 Å². The van der Waals surface area contributed by atoms with Crippen LogP contribution in [0.1, 0.15) is 11.5 Å². The molecule has 0 fully saturated rings. The van der Waals surface area contributed by atoms with Crippen molar-refractivity contribution < 1.29 is 13.2 Å². The molecular weight excluding hydrogens is 400 g/mol. The molecule has 0 saturated carbocycles. The maximum atomic E-state index is 12.4. The van der Waals surface area contributed by atoms with E-state index in [-0.39, 0.29) is 10.8 Å². The predicted molar refractivity (Wildman–Crippen MR) is 109 cm³/mol. The summed E-state index contributed by atoms with van der Waals surface area (Å²) in [6, 6.07) is 9.39. The number of fused-ring (bicyclic) bond motifs is 3. The van der Waals surface area contributed by atoms with Crippen LogP contribution in [0.15, 0.2) is 56.2 Å². The molecule has 1 atom stereocenters. The molecule has 1 aliphatic heterocycles. The number of aliphatic imine (C=N–C) groups is 1. The maximum absolute atomic E-state index is 12.4. The van der Waals surface area contributed by atoms with Gasteiger partial charge in [-0.2, -0.15) is 8.42 Å². The number of carbonyl (C=O) groups is 1. The van der Waals surface area contributed by atoms with E-state index < -0.39 is 21.9 Å². The summed E-state index contributed by atoms with van der Waals surface area (Å²) in [6.45, 7) is 0. The summed E-state index contributed by atoms with van der Waals surface area (Å²) in [7, 11) is -3.96. The highest BCUT2D eigenvalue weighted by Gasteiger charge is 2.31. The van der Waals surface area contributed by atoms with Crippen molar-refractivity contribution in [3.05, 3.63) is 47.5 Å². The maximum Gasteiger partial charge on any atom is 0.285 e. The van der Waals surface area contributed by atoms with E-state index in [9.17, 15) is 13.2 Å². The van der Waals surface area contributed by atoms with Crippen molar-refractivity contribution in [2.45, 2.75) is 10.8 Å². The minimum absolute atomic E-state index is 0.0600. The van der Waals surface area contributed by atoms with Gasteiger partial charge in [0.2, 0.25) is 11.9 Å². The smallest absolute Gasteiger partial charge is 0.285 e. The Morgan fingerprint density at radius 3 is 2.64 bits per heavy atom. The lowest BCUT2D eigenvalue weighted by Crippen LogP contribution is -2.24. The molecule has 0 radical (unpaired) electrons. The van der Waals surface area contributed by atoms with Gasteiger partial charge in [-0.3, -0.25) is 9.79 Å². The molecule has 1 aliphatic rings. The van der Waals surface area contributed by atoms with Gasteiger partial charge in [-0.25, -0.2) is 4.98 Å². The second-order valence-electron chi connectivity index (χ2n) is 5.96. The molecule has 0 bridgehead atoms. The lowest BCUT2D eigenvalue weighted by Gasteiger charge is -2.04. The molecule has 3 aromatic rings. The molecule has 1 aromatic heterocycles. The second kappa shape index (κ2) is 6.69. The number of hydrogen-bond donors (Lipinski definition) is 3. The molecule has 2 aromatic carbocycles. The summed E-state index contributed by atoms with van der Waals surface area (Å²) >= 11 is 1.47. The summed E-state index contributed by atoms with van der Waals surface area (Å²) in [6.07, 6.45) is 1.54. The Morgan fingerprint density at radius 1 is 1.18 bits per heavy atom. The number of benzene rings is 2. The van der Waals surface area contributed by atoms with Crippen LogP contribution >= 0.6 is 11.3 Å². The summed E-state index contributed by atoms with van der Waals surface area (Å²) in [5.41, 5.74) is 14.9. The number of amides is 1. The average molecular weight is 414 g/mol. The Labute approximate surface area is 163 Å². The number of thiazole rings is 1. The standard InChI is InChI=1S/C17H14N6O3S2/c18-17(19)23-28(25,26)10-3-1-9(2-4-10)20-7-11-14-12(22-16(11)24)5-6-13-15(14)27-8-21-13/h1-8,11H,(H,22,24)(H4,18,19,23). The largest absolute Gasteiger partial charge is 0.369 e. The van der Waals surface area contributed by atoms with Gasteiger partial charge >= 0.3 is 0 Å². The lowest BCUT2D eigenvalue weighted by molar-refractivity contribution is -0.115. The lowest BCUT2D eigenvalue weighted by atomic mass is 10.0. The van der Waals surface area contributed by atoms with Gasteiger partial charge in [0.25, 0.3) is 10.0 Å². The van der Waals surface area contributed by atoms with E-state index in [4.69, 9.17) is 11.5 Å². The fraction of sp³-hybridized carbons (Fsp3) is 0.0588. The van der Waals surface area contributed by atoms with Gasteiger partial charge in [0.05, 0.1) is 26.3 Å². The van der Waals surface area contributed by atoms with Crippen LogP contribution in [-0.2, 0) is 14.8 Å². The van der Waals surface area contributed by atoms with Gasteiger partial charge in [-0.15, -0.1) is 15.7 Å². The van der Waals surface area contributed by atoms with Gasteiger partial charge in [0.15, 0.2) is 0 Å². The number of nitrogens with one attached hydrogen (secondary N) is 1. The van der Waals surface area contributed by atoms with E-state index in [2.05, 4.69) is 19.7 Å². The Morgan fingerprint density at radius 2 is 1.93 bits per heavy atom. The zero-order valence-corrected chi connectivity index (χ0v) is 15.9. The highest BCUT2D eigenvalue weighted by molar-refractivity contribution is 7.90. The highest BCUT2D eigenvalue weighted by Crippen LogP contribution is 2.39. The molecule has 5 N–H and O–H groups in total. The van der Waals surface area contributed by atoms with E-state index in [1.165, 1.54) is 35.6 Å². The van der Waals surface area contributed by atoms with Crippen LogP contribution in [0.5, 0.6) is 0 Å². The number of anilines is 1. The molecule has 0 saturated heterocycles. The molecule has 1 unspecified atom stereocenters. The summed E-state index contributed by atoms with van der Waals surface area (Å²) in [5.74, 6) is -1.27. The number of nitrogens with zero attached hydrogens (tertiary/aromatic N) is 3. The van der Waals surface area contributed by atoms with Crippen molar-refractivity contribution in [3.63, 3.8) is 0 Å². The Balaban J connectivity index is 1.63. The van der Waals surface area contributed by atoms with Gasteiger partial charge in [0.1, 0.15) is 5.92 Å². The molecule has 4 rings (SSSR count). The van der Waals surface area contributed by atoms with Crippen molar-refractivity contribution in [3.8, 4) is 0 Å². The zero-order valence-electron chi connectivity index (χ0n) is 14.2. The minimum atomic E-state index is -3.96. The molecule has 11 heteroatoms. The van der Waals surface area contributed by atoms with Crippen molar-refractivity contribution in [1.82, 2.24) is 4.98 Å². The van der Waals surface area contributed by atoms with Crippen molar-refractivity contribution in [1.29, 1.82) is 0 Å². The second-order valence-corrected chi connectivity index (χ2v) is 8.42. The van der Waals surface area contributed by atoms with Gasteiger partial charge in [-0.05, 0) is 36.4 Å². The van der Waals surface area contributed by atoms with Crippen LogP contribution in [0.25, 0.3) is 10.2 Å².